The van der Waals surface area contributed by atoms with Gasteiger partial charge in [0, 0.05) is 74.1 Å². The summed E-state index contributed by atoms with van der Waals surface area (Å²) < 4.78 is 43.7. The van der Waals surface area contributed by atoms with Crippen LogP contribution in [0.3, 0.4) is 0 Å². The number of aryl methyl sites for hydroxylation is 1. The van der Waals surface area contributed by atoms with Gasteiger partial charge in [0.15, 0.2) is 0 Å². The number of rotatable bonds is 5. The van der Waals surface area contributed by atoms with Gasteiger partial charge >= 0.3 is 0 Å². The zero-order valence-electron chi connectivity index (χ0n) is 20.4. The Hall–Kier alpha value is -4.24. The highest BCUT2D eigenvalue weighted by Crippen LogP contribution is 2.35. The molecule has 1 N–H and O–H groups in total. The summed E-state index contributed by atoms with van der Waals surface area (Å²) in [6, 6.07) is 5.32. The fourth-order valence-corrected chi connectivity index (χ4v) is 4.14. The summed E-state index contributed by atoms with van der Waals surface area (Å²) in [6.45, 7) is 3.80. The lowest BCUT2D eigenvalue weighted by Gasteiger charge is -2.39. The predicted octanol–water partition coefficient (Wildman–Crippen LogP) is 3.18. The molecule has 1 aromatic carbocycles. The van der Waals surface area contributed by atoms with Gasteiger partial charge in [0.05, 0.1) is 16.9 Å². The molecule has 1 atom stereocenters. The highest BCUT2D eigenvalue weighted by molar-refractivity contribution is 6.07. The van der Waals surface area contributed by atoms with Gasteiger partial charge in [-0.1, -0.05) is 0 Å². The van der Waals surface area contributed by atoms with Gasteiger partial charge in [-0.25, -0.2) is 23.1 Å². The SMILES string of the molecule is C[C@@H]1CN(c2cc(F)c(-c3cnc(C#N)nc3)cc2NC(=O)c2cn(C)c(=O)cc2C(F)F)CCN1C. The van der Waals surface area contributed by atoms with Gasteiger partial charge in [-0.05, 0) is 26.1 Å². The summed E-state index contributed by atoms with van der Waals surface area (Å²) in [5.41, 5.74) is -0.852. The molecule has 1 aliphatic heterocycles. The van der Waals surface area contributed by atoms with E-state index in [-0.39, 0.29) is 34.2 Å². The van der Waals surface area contributed by atoms with Gasteiger partial charge in [-0.2, -0.15) is 5.26 Å². The van der Waals surface area contributed by atoms with Crippen LogP contribution in [0.2, 0.25) is 0 Å². The summed E-state index contributed by atoms with van der Waals surface area (Å²) >= 11 is 0. The molecule has 0 bridgehead atoms. The number of pyridine rings is 1. The Labute approximate surface area is 210 Å². The number of nitriles is 1. The van der Waals surface area contributed by atoms with Gasteiger partial charge in [-0.3, -0.25) is 9.59 Å². The van der Waals surface area contributed by atoms with Crippen LogP contribution in [-0.4, -0.2) is 58.1 Å². The molecule has 4 rings (SSSR count). The van der Waals surface area contributed by atoms with Gasteiger partial charge < -0.3 is 19.7 Å². The predicted molar refractivity (Wildman–Crippen MR) is 131 cm³/mol. The number of hydrogen-bond donors (Lipinski definition) is 1. The number of halogens is 3. The Morgan fingerprint density at radius 3 is 2.51 bits per heavy atom. The molecule has 0 aliphatic carbocycles. The van der Waals surface area contributed by atoms with Crippen LogP contribution in [0.15, 0.2) is 41.6 Å². The van der Waals surface area contributed by atoms with E-state index in [9.17, 15) is 18.4 Å². The zero-order chi connectivity index (χ0) is 26.9. The van der Waals surface area contributed by atoms with Crippen molar-refractivity contribution in [3.05, 3.63) is 69.9 Å². The van der Waals surface area contributed by atoms with E-state index in [0.717, 1.165) is 16.8 Å². The van der Waals surface area contributed by atoms with E-state index in [2.05, 4.69) is 20.2 Å². The minimum atomic E-state index is -3.05. The molecule has 0 radical (unpaired) electrons. The highest BCUT2D eigenvalue weighted by Gasteiger charge is 2.26. The van der Waals surface area contributed by atoms with Crippen molar-refractivity contribution in [2.45, 2.75) is 19.4 Å². The Balaban J connectivity index is 1.80. The van der Waals surface area contributed by atoms with Crippen LogP contribution in [-0.2, 0) is 7.05 Å². The third-order valence-electron chi connectivity index (χ3n) is 6.44. The number of alkyl halides is 2. The van der Waals surface area contributed by atoms with Crippen LogP contribution < -0.4 is 15.8 Å². The number of nitrogens with zero attached hydrogens (tertiary/aromatic N) is 6. The highest BCUT2D eigenvalue weighted by atomic mass is 19.3. The van der Waals surface area contributed by atoms with Crippen molar-refractivity contribution >= 4 is 17.3 Å². The number of amides is 1. The molecule has 1 amide bonds. The number of hydrogen-bond acceptors (Lipinski definition) is 7. The molecule has 12 heteroatoms. The van der Waals surface area contributed by atoms with Crippen molar-refractivity contribution < 1.29 is 18.0 Å². The largest absolute Gasteiger partial charge is 0.367 e. The van der Waals surface area contributed by atoms with Crippen molar-refractivity contribution in [3.8, 4) is 17.2 Å². The Kier molecular flexibility index (Phi) is 7.26. The normalized spacial score (nSPS) is 16.1. The van der Waals surface area contributed by atoms with Crippen LogP contribution in [0.5, 0.6) is 0 Å². The fraction of sp³-hybridized carbons (Fsp3) is 0.320. The molecule has 1 saturated heterocycles. The maximum Gasteiger partial charge on any atom is 0.264 e. The van der Waals surface area contributed by atoms with E-state index in [1.165, 1.54) is 31.6 Å². The van der Waals surface area contributed by atoms with E-state index in [0.29, 0.717) is 25.3 Å². The lowest BCUT2D eigenvalue weighted by Crippen LogP contribution is -2.50. The van der Waals surface area contributed by atoms with Crippen LogP contribution >= 0.6 is 0 Å². The average Bonchev–Trinajstić information content (AvgIpc) is 2.87. The van der Waals surface area contributed by atoms with Crippen LogP contribution in [0, 0.1) is 17.1 Å². The Morgan fingerprint density at radius 2 is 1.89 bits per heavy atom. The molecular weight excluding hydrogens is 487 g/mol. The van der Waals surface area contributed by atoms with E-state index in [4.69, 9.17) is 5.26 Å². The number of aromatic nitrogens is 3. The number of likely N-dealkylation sites (N-methyl/N-ethyl adjacent to an activating group) is 1. The second-order valence-corrected chi connectivity index (χ2v) is 8.88. The second kappa shape index (κ2) is 10.4. The van der Waals surface area contributed by atoms with E-state index in [1.54, 1.807) is 6.07 Å². The number of benzene rings is 1. The van der Waals surface area contributed by atoms with Gasteiger partial charge in [0.1, 0.15) is 11.9 Å². The van der Waals surface area contributed by atoms with Gasteiger partial charge in [-0.15, -0.1) is 0 Å². The molecule has 37 heavy (non-hydrogen) atoms. The monoisotopic (exact) mass is 511 g/mol. The van der Waals surface area contributed by atoms with Gasteiger partial charge in [0.2, 0.25) is 5.82 Å². The van der Waals surface area contributed by atoms with Crippen LogP contribution in [0.4, 0.5) is 24.5 Å². The van der Waals surface area contributed by atoms with Crippen LogP contribution in [0.25, 0.3) is 11.1 Å². The first-order valence-corrected chi connectivity index (χ1v) is 11.4. The maximum atomic E-state index is 15.3. The molecule has 9 nitrogen and oxygen atoms in total. The standard InChI is InChI=1S/C25H24F3N7O2/c1-14-12-35(5-4-33(14)2)21-8-19(26)16(15-10-30-22(9-29)31-11-15)6-20(21)32-25(37)18-13-34(3)23(36)7-17(18)24(27)28/h6-8,10-11,13-14,24H,4-5,12H2,1-3H3,(H,32,37)/t14-/m1/s1. The summed E-state index contributed by atoms with van der Waals surface area (Å²) in [7, 11) is 3.33. The molecule has 3 aromatic rings. The van der Waals surface area contributed by atoms with E-state index in [1.807, 2.05) is 18.9 Å². The maximum absolute atomic E-state index is 15.3. The number of carbonyl (C=O) groups is 1. The van der Waals surface area contributed by atoms with Crippen LogP contribution in [0.1, 0.15) is 35.1 Å². The smallest absolute Gasteiger partial charge is 0.264 e. The van der Waals surface area contributed by atoms with Crippen molar-refractivity contribution in [2.24, 2.45) is 7.05 Å². The van der Waals surface area contributed by atoms with E-state index >= 15 is 4.39 Å². The lowest BCUT2D eigenvalue weighted by atomic mass is 10.0. The first kappa shape index (κ1) is 25.8. The summed E-state index contributed by atoms with van der Waals surface area (Å²) in [5.74, 6) is -1.57. The first-order chi connectivity index (χ1) is 17.6. The average molecular weight is 512 g/mol. The first-order valence-electron chi connectivity index (χ1n) is 11.4. The topological polar surface area (TPSA) is 107 Å². The summed E-state index contributed by atoms with van der Waals surface area (Å²) in [4.78, 5) is 36.9. The number of nitrogens with one attached hydrogen (secondary N) is 1. The van der Waals surface area contributed by atoms with Gasteiger partial charge in [0.25, 0.3) is 17.9 Å². The van der Waals surface area contributed by atoms with Crippen molar-refractivity contribution in [1.29, 1.82) is 5.26 Å². The minimum absolute atomic E-state index is 0.0558. The minimum Gasteiger partial charge on any atom is -0.367 e. The number of anilines is 2. The third-order valence-corrected chi connectivity index (χ3v) is 6.44. The van der Waals surface area contributed by atoms with Crippen molar-refractivity contribution in [1.82, 2.24) is 19.4 Å². The molecule has 3 heterocycles. The molecule has 0 unspecified atom stereocenters. The fourth-order valence-electron chi connectivity index (χ4n) is 4.14. The number of carbonyl (C=O) groups excluding carboxylic acids is 1. The second-order valence-electron chi connectivity index (χ2n) is 8.88. The molecule has 2 aromatic heterocycles. The molecule has 192 valence electrons. The van der Waals surface area contributed by atoms with E-state index < -0.39 is 29.3 Å². The molecular formula is C25H24F3N7O2. The Morgan fingerprint density at radius 1 is 1.19 bits per heavy atom. The summed E-state index contributed by atoms with van der Waals surface area (Å²) in [6.07, 6.45) is 0.576. The van der Waals surface area contributed by atoms with Crippen molar-refractivity contribution in [2.75, 3.05) is 36.9 Å². The molecule has 0 saturated carbocycles. The lowest BCUT2D eigenvalue weighted by molar-refractivity contribution is 0.101. The zero-order valence-corrected chi connectivity index (χ0v) is 20.4. The quantitative estimate of drug-likeness (QED) is 0.561. The molecule has 1 aliphatic rings. The third kappa shape index (κ3) is 5.31. The summed E-state index contributed by atoms with van der Waals surface area (Å²) in [5, 5.41) is 11.6. The Bertz CT molecular complexity index is 1430. The molecule has 0 spiro atoms. The number of piperazine rings is 1. The molecule has 1 fully saturated rings. The van der Waals surface area contributed by atoms with Crippen molar-refractivity contribution in [3.63, 3.8) is 0 Å².